The van der Waals surface area contributed by atoms with Crippen molar-refractivity contribution >= 4 is 11.5 Å². The first-order valence-electron chi connectivity index (χ1n) is 9.12. The van der Waals surface area contributed by atoms with Crippen LogP contribution in [-0.2, 0) is 6.54 Å². The van der Waals surface area contributed by atoms with Gasteiger partial charge in [-0.3, -0.25) is 14.3 Å². The summed E-state index contributed by atoms with van der Waals surface area (Å²) in [6.45, 7) is 1.36. The fourth-order valence-corrected chi connectivity index (χ4v) is 2.99. The van der Waals surface area contributed by atoms with E-state index < -0.39 is 11.2 Å². The van der Waals surface area contributed by atoms with Crippen LogP contribution in [0.1, 0.15) is 12.0 Å². The fourth-order valence-electron chi connectivity index (χ4n) is 2.99. The molecule has 1 aromatic heterocycles. The zero-order valence-electron chi connectivity index (χ0n) is 15.8. The van der Waals surface area contributed by atoms with E-state index in [9.17, 15) is 9.59 Å². The van der Waals surface area contributed by atoms with Gasteiger partial charge >= 0.3 is 5.69 Å². The molecule has 2 aromatic carbocycles. The molecule has 0 atom stereocenters. The largest absolute Gasteiger partial charge is 0.494 e. The van der Waals surface area contributed by atoms with Gasteiger partial charge in [-0.15, -0.1) is 0 Å². The minimum atomic E-state index is -0.518. The summed E-state index contributed by atoms with van der Waals surface area (Å²) < 4.78 is 7.05. The summed E-state index contributed by atoms with van der Waals surface area (Å²) in [5.41, 5.74) is 6.41. The standard InChI is InChI=1S/C21H24N4O3/c1-24(13-8-14-28-17-11-6-3-7-12-17)18-19(22)25(21(27)23-20(18)26)15-16-9-4-2-5-10-16/h2-7,9-12H,8,13-15,22H2,1H3,(H,23,26,27). The zero-order valence-corrected chi connectivity index (χ0v) is 15.8. The van der Waals surface area contributed by atoms with E-state index in [0.717, 1.165) is 11.3 Å². The van der Waals surface area contributed by atoms with Gasteiger partial charge in [-0.05, 0) is 24.1 Å². The topological polar surface area (TPSA) is 93.3 Å². The van der Waals surface area contributed by atoms with Crippen LogP contribution in [0.3, 0.4) is 0 Å². The number of aromatic nitrogens is 2. The first kappa shape index (κ1) is 19.3. The van der Waals surface area contributed by atoms with E-state index in [1.165, 1.54) is 4.57 Å². The van der Waals surface area contributed by atoms with E-state index in [1.54, 1.807) is 11.9 Å². The lowest BCUT2D eigenvalue weighted by Gasteiger charge is -2.22. The molecule has 0 aliphatic heterocycles. The highest BCUT2D eigenvalue weighted by atomic mass is 16.5. The van der Waals surface area contributed by atoms with Crippen molar-refractivity contribution in [1.82, 2.24) is 9.55 Å². The Morgan fingerprint density at radius 3 is 2.36 bits per heavy atom. The Morgan fingerprint density at radius 2 is 1.68 bits per heavy atom. The second-order valence-electron chi connectivity index (χ2n) is 6.50. The molecule has 7 heteroatoms. The SMILES string of the molecule is CN(CCCOc1ccccc1)c1c(N)n(Cc2ccccc2)c(=O)[nH]c1=O. The molecule has 0 unspecified atom stereocenters. The molecule has 0 bridgehead atoms. The highest BCUT2D eigenvalue weighted by Gasteiger charge is 2.16. The molecule has 0 saturated carbocycles. The van der Waals surface area contributed by atoms with Crippen molar-refractivity contribution in [3.8, 4) is 5.75 Å². The number of anilines is 2. The van der Waals surface area contributed by atoms with E-state index in [4.69, 9.17) is 10.5 Å². The van der Waals surface area contributed by atoms with Crippen molar-refractivity contribution in [1.29, 1.82) is 0 Å². The van der Waals surface area contributed by atoms with Crippen LogP contribution in [0.15, 0.2) is 70.3 Å². The lowest BCUT2D eigenvalue weighted by atomic mass is 10.2. The second kappa shape index (κ2) is 8.94. The summed E-state index contributed by atoms with van der Waals surface area (Å²) in [5, 5.41) is 0. The number of aromatic amines is 1. The first-order valence-corrected chi connectivity index (χ1v) is 9.12. The van der Waals surface area contributed by atoms with Gasteiger partial charge in [-0.25, -0.2) is 4.79 Å². The molecule has 0 saturated heterocycles. The van der Waals surface area contributed by atoms with E-state index in [-0.39, 0.29) is 11.5 Å². The van der Waals surface area contributed by atoms with E-state index >= 15 is 0 Å². The number of nitrogens with two attached hydrogens (primary N) is 1. The Hall–Kier alpha value is -3.48. The minimum Gasteiger partial charge on any atom is -0.494 e. The van der Waals surface area contributed by atoms with Crippen LogP contribution in [0.2, 0.25) is 0 Å². The van der Waals surface area contributed by atoms with E-state index in [1.807, 2.05) is 60.7 Å². The number of H-pyrrole nitrogens is 1. The van der Waals surface area contributed by atoms with Crippen molar-refractivity contribution in [2.24, 2.45) is 0 Å². The van der Waals surface area contributed by atoms with Gasteiger partial charge < -0.3 is 15.4 Å². The third kappa shape index (κ3) is 4.62. The maximum atomic E-state index is 12.3. The second-order valence-corrected chi connectivity index (χ2v) is 6.50. The third-order valence-electron chi connectivity index (χ3n) is 4.43. The minimum absolute atomic E-state index is 0.157. The number of nitrogens with zero attached hydrogens (tertiary/aromatic N) is 2. The normalized spacial score (nSPS) is 10.6. The predicted octanol–water partition coefficient (Wildman–Crippen LogP) is 2.07. The van der Waals surface area contributed by atoms with Gasteiger partial charge in [0.15, 0.2) is 0 Å². The lowest BCUT2D eigenvalue weighted by Crippen LogP contribution is -2.37. The highest BCUT2D eigenvalue weighted by molar-refractivity contribution is 5.62. The Bertz CT molecular complexity index is 1010. The fraction of sp³-hybridized carbons (Fsp3) is 0.238. The Labute approximate surface area is 163 Å². The van der Waals surface area contributed by atoms with Crippen molar-refractivity contribution in [3.05, 3.63) is 87.1 Å². The molecule has 0 aliphatic carbocycles. The monoisotopic (exact) mass is 380 g/mol. The van der Waals surface area contributed by atoms with Crippen LogP contribution in [0.25, 0.3) is 0 Å². The van der Waals surface area contributed by atoms with Gasteiger partial charge in [-0.2, -0.15) is 0 Å². The molecule has 0 radical (unpaired) electrons. The van der Waals surface area contributed by atoms with Gasteiger partial charge in [0, 0.05) is 13.6 Å². The van der Waals surface area contributed by atoms with Gasteiger partial charge in [-0.1, -0.05) is 48.5 Å². The Kier molecular flexibility index (Phi) is 6.16. The highest BCUT2D eigenvalue weighted by Crippen LogP contribution is 2.16. The summed E-state index contributed by atoms with van der Waals surface area (Å²) >= 11 is 0. The van der Waals surface area contributed by atoms with Crippen LogP contribution in [-0.4, -0.2) is 29.8 Å². The maximum absolute atomic E-state index is 12.3. The van der Waals surface area contributed by atoms with Crippen LogP contribution < -0.4 is 26.6 Å². The molecule has 0 aliphatic rings. The number of rotatable bonds is 8. The average Bonchev–Trinajstić information content (AvgIpc) is 2.70. The summed E-state index contributed by atoms with van der Waals surface area (Å²) in [5.74, 6) is 0.961. The van der Waals surface area contributed by atoms with Crippen molar-refractivity contribution in [2.45, 2.75) is 13.0 Å². The summed E-state index contributed by atoms with van der Waals surface area (Å²) in [6, 6.07) is 19.0. The number of hydrogen-bond acceptors (Lipinski definition) is 5. The molecule has 0 spiro atoms. The molecule has 146 valence electrons. The summed E-state index contributed by atoms with van der Waals surface area (Å²) in [4.78, 5) is 28.7. The molecule has 3 aromatic rings. The van der Waals surface area contributed by atoms with E-state index in [0.29, 0.717) is 26.1 Å². The molecule has 3 rings (SSSR count). The molecule has 0 amide bonds. The molecular formula is C21H24N4O3. The number of ether oxygens (including phenoxy) is 1. The average molecular weight is 380 g/mol. The predicted molar refractivity (Wildman–Crippen MR) is 111 cm³/mol. The van der Waals surface area contributed by atoms with Gasteiger partial charge in [0.25, 0.3) is 5.56 Å². The van der Waals surface area contributed by atoms with Crippen LogP contribution in [0.5, 0.6) is 5.75 Å². The summed E-state index contributed by atoms with van der Waals surface area (Å²) in [7, 11) is 1.78. The Balaban J connectivity index is 1.70. The van der Waals surface area contributed by atoms with Gasteiger partial charge in [0.1, 0.15) is 17.3 Å². The van der Waals surface area contributed by atoms with Crippen LogP contribution in [0, 0.1) is 0 Å². The van der Waals surface area contributed by atoms with Crippen LogP contribution >= 0.6 is 0 Å². The number of nitrogen functional groups attached to an aromatic ring is 1. The number of nitrogens with one attached hydrogen (secondary N) is 1. The van der Waals surface area contributed by atoms with Gasteiger partial charge in [0.05, 0.1) is 13.2 Å². The lowest BCUT2D eigenvalue weighted by molar-refractivity contribution is 0.312. The molecule has 28 heavy (non-hydrogen) atoms. The molecule has 3 N–H and O–H groups in total. The van der Waals surface area contributed by atoms with E-state index in [2.05, 4.69) is 4.98 Å². The molecule has 7 nitrogen and oxygen atoms in total. The van der Waals surface area contributed by atoms with Crippen molar-refractivity contribution in [3.63, 3.8) is 0 Å². The maximum Gasteiger partial charge on any atom is 0.330 e. The number of para-hydroxylation sites is 1. The van der Waals surface area contributed by atoms with Crippen molar-refractivity contribution < 1.29 is 4.74 Å². The smallest absolute Gasteiger partial charge is 0.330 e. The molecule has 1 heterocycles. The zero-order chi connectivity index (χ0) is 19.9. The van der Waals surface area contributed by atoms with Crippen LogP contribution in [0.4, 0.5) is 11.5 Å². The molecule has 0 fully saturated rings. The van der Waals surface area contributed by atoms with Gasteiger partial charge in [0.2, 0.25) is 0 Å². The third-order valence-corrected chi connectivity index (χ3v) is 4.43. The number of hydrogen-bond donors (Lipinski definition) is 2. The molecular weight excluding hydrogens is 356 g/mol. The first-order chi connectivity index (χ1) is 13.6. The quantitative estimate of drug-likeness (QED) is 0.584. The summed E-state index contributed by atoms with van der Waals surface area (Å²) in [6.07, 6.45) is 0.697. The number of benzene rings is 2. The van der Waals surface area contributed by atoms with Crippen molar-refractivity contribution in [2.75, 3.05) is 30.8 Å². The Morgan fingerprint density at radius 1 is 1.04 bits per heavy atom.